The minimum absolute atomic E-state index is 0.00777. The predicted molar refractivity (Wildman–Crippen MR) is 75.2 cm³/mol. The molecule has 1 atom stereocenters. The molecule has 0 aliphatic carbocycles. The molecular weight excluding hydrogens is 390 g/mol. The molecule has 0 amide bonds. The number of nitrogens with two attached hydrogens (primary N) is 1. The van der Waals surface area contributed by atoms with E-state index in [-0.39, 0.29) is 11.0 Å². The Morgan fingerprint density at radius 2 is 1.83 bits per heavy atom. The molecular formula is C10H13Br2NO4S. The number of hydrogen-bond donors (Lipinski definition) is 1. The minimum atomic E-state index is -3.74. The number of hydrogen-bond acceptors (Lipinski definition) is 4. The van der Waals surface area contributed by atoms with E-state index in [0.717, 1.165) is 0 Å². The average Bonchev–Trinajstić information content (AvgIpc) is 2.26. The van der Waals surface area contributed by atoms with Crippen molar-refractivity contribution in [2.24, 2.45) is 5.14 Å². The molecule has 1 rings (SSSR count). The van der Waals surface area contributed by atoms with E-state index in [2.05, 4.69) is 31.9 Å². The maximum absolute atomic E-state index is 11.2. The zero-order chi connectivity index (χ0) is 13.9. The van der Waals surface area contributed by atoms with E-state index in [9.17, 15) is 8.42 Å². The summed E-state index contributed by atoms with van der Waals surface area (Å²) in [6.45, 7) is 2.21. The summed E-state index contributed by atoms with van der Waals surface area (Å²) >= 11 is 6.49. The predicted octanol–water partition coefficient (Wildman–Crippen LogP) is 2.27. The monoisotopic (exact) mass is 401 g/mol. The molecule has 1 unspecified atom stereocenters. The Hall–Kier alpha value is -0.150. The van der Waals surface area contributed by atoms with Crippen LogP contribution in [0.25, 0.3) is 0 Å². The Labute approximate surface area is 123 Å². The van der Waals surface area contributed by atoms with Gasteiger partial charge >= 0.3 is 0 Å². The highest BCUT2D eigenvalue weighted by Gasteiger charge is 2.15. The second-order valence-corrected chi connectivity index (χ2v) is 6.89. The van der Waals surface area contributed by atoms with E-state index in [1.54, 1.807) is 7.11 Å². The van der Waals surface area contributed by atoms with Crippen molar-refractivity contribution in [2.45, 2.75) is 17.9 Å². The van der Waals surface area contributed by atoms with Crippen LogP contribution in [0.5, 0.6) is 5.75 Å². The maximum Gasteiger partial charge on any atom is 0.238 e. The Bertz CT molecular complexity index is 510. The lowest BCUT2D eigenvalue weighted by atomic mass is 10.3. The summed E-state index contributed by atoms with van der Waals surface area (Å²) in [6.07, 6.45) is -0.0679. The van der Waals surface area contributed by atoms with Gasteiger partial charge in [-0.25, -0.2) is 13.6 Å². The van der Waals surface area contributed by atoms with Gasteiger partial charge in [-0.1, -0.05) is 0 Å². The van der Waals surface area contributed by atoms with Crippen molar-refractivity contribution >= 4 is 41.9 Å². The number of halogens is 2. The van der Waals surface area contributed by atoms with Gasteiger partial charge in [-0.15, -0.1) is 0 Å². The van der Waals surface area contributed by atoms with Crippen LogP contribution in [-0.4, -0.2) is 28.2 Å². The lowest BCUT2D eigenvalue weighted by Gasteiger charge is -2.14. The van der Waals surface area contributed by atoms with E-state index in [1.807, 2.05) is 6.92 Å². The molecule has 0 bridgehead atoms. The van der Waals surface area contributed by atoms with Gasteiger partial charge in [0.2, 0.25) is 10.0 Å². The fourth-order valence-corrected chi connectivity index (χ4v) is 3.39. The SMILES string of the molecule is COC(C)COc1c(Br)cc(S(N)(=O)=O)cc1Br. The molecule has 0 fully saturated rings. The van der Waals surface area contributed by atoms with Crippen LogP contribution >= 0.6 is 31.9 Å². The zero-order valence-corrected chi connectivity index (χ0v) is 13.8. The van der Waals surface area contributed by atoms with Crippen LogP contribution in [0, 0.1) is 0 Å². The number of ether oxygens (including phenoxy) is 2. The van der Waals surface area contributed by atoms with Crippen molar-refractivity contribution in [3.63, 3.8) is 0 Å². The van der Waals surface area contributed by atoms with Crippen molar-refractivity contribution in [3.8, 4) is 5.75 Å². The average molecular weight is 403 g/mol. The normalized spacial score (nSPS) is 13.4. The van der Waals surface area contributed by atoms with Gasteiger partial charge in [0.05, 0.1) is 19.9 Å². The molecule has 1 aromatic rings. The van der Waals surface area contributed by atoms with E-state index < -0.39 is 10.0 Å². The first-order chi connectivity index (χ1) is 8.25. The highest BCUT2D eigenvalue weighted by molar-refractivity contribution is 9.11. The van der Waals surface area contributed by atoms with Gasteiger partial charge in [0.15, 0.2) is 0 Å². The largest absolute Gasteiger partial charge is 0.489 e. The van der Waals surface area contributed by atoms with Gasteiger partial charge in [-0.2, -0.15) is 0 Å². The topological polar surface area (TPSA) is 78.6 Å². The standard InChI is InChI=1S/C10H13Br2NO4S/c1-6(16-2)5-17-10-8(11)3-7(4-9(10)12)18(13,14)15/h3-4,6H,5H2,1-2H3,(H2,13,14,15). The summed E-state index contributed by atoms with van der Waals surface area (Å²) in [6, 6.07) is 2.79. The maximum atomic E-state index is 11.2. The number of benzene rings is 1. The fraction of sp³-hybridized carbons (Fsp3) is 0.400. The smallest absolute Gasteiger partial charge is 0.238 e. The summed E-state index contributed by atoms with van der Waals surface area (Å²) in [5, 5.41) is 5.06. The third kappa shape index (κ3) is 4.20. The Morgan fingerprint density at radius 1 is 1.33 bits per heavy atom. The molecule has 0 saturated carbocycles. The lowest BCUT2D eigenvalue weighted by molar-refractivity contribution is 0.0711. The molecule has 5 nitrogen and oxygen atoms in total. The number of rotatable bonds is 5. The van der Waals surface area contributed by atoms with Crippen LogP contribution in [0.15, 0.2) is 26.0 Å². The first kappa shape index (κ1) is 15.9. The van der Waals surface area contributed by atoms with E-state index >= 15 is 0 Å². The number of primary sulfonamides is 1. The quantitative estimate of drug-likeness (QED) is 0.819. The van der Waals surface area contributed by atoms with Crippen LogP contribution in [0.1, 0.15) is 6.92 Å². The van der Waals surface area contributed by atoms with Crippen LogP contribution < -0.4 is 9.88 Å². The molecule has 2 N–H and O–H groups in total. The van der Waals surface area contributed by atoms with Gasteiger partial charge in [-0.3, -0.25) is 0 Å². The van der Waals surface area contributed by atoms with Crippen LogP contribution in [-0.2, 0) is 14.8 Å². The molecule has 0 saturated heterocycles. The van der Waals surface area contributed by atoms with E-state index in [4.69, 9.17) is 14.6 Å². The minimum Gasteiger partial charge on any atom is -0.489 e. The number of methoxy groups -OCH3 is 1. The summed E-state index contributed by atoms with van der Waals surface area (Å²) in [4.78, 5) is 0.00777. The van der Waals surface area contributed by atoms with Gasteiger partial charge < -0.3 is 9.47 Å². The summed E-state index contributed by atoms with van der Waals surface area (Å²) in [5.41, 5.74) is 0. The van der Waals surface area contributed by atoms with E-state index in [1.165, 1.54) is 12.1 Å². The highest BCUT2D eigenvalue weighted by Crippen LogP contribution is 2.35. The molecule has 0 aliphatic heterocycles. The summed E-state index contributed by atoms with van der Waals surface area (Å²) < 4.78 is 34.1. The summed E-state index contributed by atoms with van der Waals surface area (Å²) in [5.74, 6) is 0.506. The van der Waals surface area contributed by atoms with Gasteiger partial charge in [0.25, 0.3) is 0 Å². The molecule has 0 radical (unpaired) electrons. The molecule has 0 aromatic heterocycles. The Balaban J connectivity index is 3.02. The van der Waals surface area contributed by atoms with Crippen molar-refractivity contribution in [3.05, 3.63) is 21.1 Å². The second-order valence-electron chi connectivity index (χ2n) is 3.62. The molecule has 18 heavy (non-hydrogen) atoms. The van der Waals surface area contributed by atoms with Gasteiger partial charge in [-0.05, 0) is 50.9 Å². The van der Waals surface area contributed by atoms with Crippen LogP contribution in [0.2, 0.25) is 0 Å². The van der Waals surface area contributed by atoms with Gasteiger partial charge in [0.1, 0.15) is 12.4 Å². The van der Waals surface area contributed by atoms with Crippen LogP contribution in [0.3, 0.4) is 0 Å². The first-order valence-electron chi connectivity index (χ1n) is 4.93. The third-order valence-corrected chi connectivity index (χ3v) is 4.24. The molecule has 0 spiro atoms. The van der Waals surface area contributed by atoms with Gasteiger partial charge in [0, 0.05) is 7.11 Å². The van der Waals surface area contributed by atoms with Crippen molar-refractivity contribution in [1.82, 2.24) is 0 Å². The fourth-order valence-electron chi connectivity index (χ4n) is 1.11. The molecule has 1 aromatic carbocycles. The van der Waals surface area contributed by atoms with Crippen molar-refractivity contribution < 1.29 is 17.9 Å². The third-order valence-electron chi connectivity index (χ3n) is 2.17. The van der Waals surface area contributed by atoms with Crippen LogP contribution in [0.4, 0.5) is 0 Å². The molecule has 102 valence electrons. The molecule has 0 aliphatic rings. The molecule has 0 heterocycles. The van der Waals surface area contributed by atoms with E-state index in [0.29, 0.717) is 21.3 Å². The summed E-state index contributed by atoms with van der Waals surface area (Å²) in [7, 11) is -2.16. The number of sulfonamides is 1. The molecule has 8 heteroatoms. The highest BCUT2D eigenvalue weighted by atomic mass is 79.9. The van der Waals surface area contributed by atoms with Crippen molar-refractivity contribution in [2.75, 3.05) is 13.7 Å². The lowest BCUT2D eigenvalue weighted by Crippen LogP contribution is -2.17. The first-order valence-corrected chi connectivity index (χ1v) is 8.06. The Morgan fingerprint density at radius 3 is 2.22 bits per heavy atom. The second kappa shape index (κ2) is 6.33. The Kier molecular flexibility index (Phi) is 5.60. The zero-order valence-electron chi connectivity index (χ0n) is 9.81. The van der Waals surface area contributed by atoms with Crippen molar-refractivity contribution in [1.29, 1.82) is 0 Å².